The molecule has 2 unspecified atom stereocenters. The van der Waals surface area contributed by atoms with Crippen molar-refractivity contribution in [2.45, 2.75) is 51.1 Å². The maximum absolute atomic E-state index is 3.32. The van der Waals surface area contributed by atoms with Crippen LogP contribution in [0.3, 0.4) is 0 Å². The van der Waals surface area contributed by atoms with Crippen LogP contribution in [0.5, 0.6) is 0 Å². The second-order valence-corrected chi connectivity index (χ2v) is 5.02. The SMILES string of the molecule is CNCC1CCN(C2CCCC2)C1C. The zero-order valence-electron chi connectivity index (χ0n) is 9.63. The lowest BCUT2D eigenvalue weighted by Crippen LogP contribution is -2.39. The van der Waals surface area contributed by atoms with Crippen LogP contribution in [0.25, 0.3) is 0 Å². The van der Waals surface area contributed by atoms with Crippen molar-refractivity contribution in [3.05, 3.63) is 0 Å². The lowest BCUT2D eigenvalue weighted by atomic mass is 10.0. The minimum Gasteiger partial charge on any atom is -0.319 e. The third-order valence-corrected chi connectivity index (χ3v) is 4.22. The molecule has 2 atom stereocenters. The van der Waals surface area contributed by atoms with Gasteiger partial charge < -0.3 is 5.32 Å². The first-order valence-electron chi connectivity index (χ1n) is 6.23. The summed E-state index contributed by atoms with van der Waals surface area (Å²) >= 11 is 0. The van der Waals surface area contributed by atoms with Gasteiger partial charge in [0.2, 0.25) is 0 Å². The Kier molecular flexibility index (Phi) is 3.45. The van der Waals surface area contributed by atoms with E-state index in [0.717, 1.165) is 18.0 Å². The van der Waals surface area contributed by atoms with Crippen LogP contribution in [0.1, 0.15) is 39.0 Å². The molecule has 0 radical (unpaired) electrons. The fourth-order valence-corrected chi connectivity index (χ4v) is 3.32. The second-order valence-electron chi connectivity index (χ2n) is 5.02. The molecule has 1 aliphatic carbocycles. The van der Waals surface area contributed by atoms with E-state index < -0.39 is 0 Å². The zero-order valence-corrected chi connectivity index (χ0v) is 9.63. The first kappa shape index (κ1) is 10.4. The first-order chi connectivity index (χ1) is 6.83. The maximum atomic E-state index is 3.32. The molecule has 2 fully saturated rings. The number of likely N-dealkylation sites (tertiary alicyclic amines) is 1. The summed E-state index contributed by atoms with van der Waals surface area (Å²) in [5.41, 5.74) is 0. The summed E-state index contributed by atoms with van der Waals surface area (Å²) in [6.07, 6.45) is 7.24. The predicted octanol–water partition coefficient (Wildman–Crippen LogP) is 1.86. The molecule has 1 heterocycles. The molecule has 2 heteroatoms. The molecule has 1 aliphatic heterocycles. The minimum absolute atomic E-state index is 0.811. The lowest BCUT2D eigenvalue weighted by Gasteiger charge is -2.30. The average molecular weight is 196 g/mol. The van der Waals surface area contributed by atoms with E-state index in [4.69, 9.17) is 0 Å². The molecule has 1 saturated carbocycles. The molecule has 0 aromatic carbocycles. The van der Waals surface area contributed by atoms with E-state index in [1.165, 1.54) is 45.2 Å². The van der Waals surface area contributed by atoms with Gasteiger partial charge in [-0.05, 0) is 52.2 Å². The topological polar surface area (TPSA) is 15.3 Å². The second kappa shape index (κ2) is 4.63. The monoisotopic (exact) mass is 196 g/mol. The van der Waals surface area contributed by atoms with Gasteiger partial charge in [-0.1, -0.05) is 12.8 Å². The molecule has 1 N–H and O–H groups in total. The highest BCUT2D eigenvalue weighted by molar-refractivity contribution is 4.90. The molecule has 2 rings (SSSR count). The fourth-order valence-electron chi connectivity index (χ4n) is 3.32. The van der Waals surface area contributed by atoms with Crippen LogP contribution in [-0.4, -0.2) is 37.1 Å². The van der Waals surface area contributed by atoms with Crippen molar-refractivity contribution in [2.75, 3.05) is 20.1 Å². The molecular formula is C12H24N2. The molecule has 0 spiro atoms. The van der Waals surface area contributed by atoms with Crippen molar-refractivity contribution in [2.24, 2.45) is 5.92 Å². The fraction of sp³-hybridized carbons (Fsp3) is 1.00. The summed E-state index contributed by atoms with van der Waals surface area (Å²) in [5.74, 6) is 0.889. The summed E-state index contributed by atoms with van der Waals surface area (Å²) < 4.78 is 0. The number of nitrogens with one attached hydrogen (secondary N) is 1. The molecule has 0 aromatic heterocycles. The minimum atomic E-state index is 0.811. The number of hydrogen-bond donors (Lipinski definition) is 1. The molecule has 2 aliphatic rings. The number of hydrogen-bond acceptors (Lipinski definition) is 2. The summed E-state index contributed by atoms with van der Waals surface area (Å²) in [4.78, 5) is 2.77. The van der Waals surface area contributed by atoms with Crippen molar-refractivity contribution in [1.29, 1.82) is 0 Å². The van der Waals surface area contributed by atoms with Crippen LogP contribution < -0.4 is 5.32 Å². The average Bonchev–Trinajstić information content (AvgIpc) is 2.77. The predicted molar refractivity (Wildman–Crippen MR) is 60.5 cm³/mol. The van der Waals surface area contributed by atoms with Crippen molar-refractivity contribution in [3.63, 3.8) is 0 Å². The van der Waals surface area contributed by atoms with E-state index >= 15 is 0 Å². The summed E-state index contributed by atoms with van der Waals surface area (Å²) in [6.45, 7) is 4.97. The summed E-state index contributed by atoms with van der Waals surface area (Å²) in [7, 11) is 2.07. The van der Waals surface area contributed by atoms with Crippen molar-refractivity contribution >= 4 is 0 Å². The van der Waals surface area contributed by atoms with Gasteiger partial charge in [-0.3, -0.25) is 4.90 Å². The van der Waals surface area contributed by atoms with E-state index in [0.29, 0.717) is 0 Å². The Hall–Kier alpha value is -0.0800. The summed E-state index contributed by atoms with van der Waals surface area (Å²) in [5, 5.41) is 3.32. The van der Waals surface area contributed by atoms with Gasteiger partial charge in [-0.15, -0.1) is 0 Å². The highest BCUT2D eigenvalue weighted by Gasteiger charge is 2.35. The molecule has 1 saturated heterocycles. The Balaban J connectivity index is 1.88. The van der Waals surface area contributed by atoms with Crippen LogP contribution in [0.2, 0.25) is 0 Å². The van der Waals surface area contributed by atoms with Crippen molar-refractivity contribution < 1.29 is 0 Å². The Labute approximate surface area is 88.1 Å². The molecular weight excluding hydrogens is 172 g/mol. The summed E-state index contributed by atoms with van der Waals surface area (Å²) in [6, 6.07) is 1.73. The van der Waals surface area contributed by atoms with E-state index in [1.807, 2.05) is 0 Å². The number of rotatable bonds is 3. The molecule has 82 valence electrons. The quantitative estimate of drug-likeness (QED) is 0.741. The van der Waals surface area contributed by atoms with E-state index in [9.17, 15) is 0 Å². The van der Waals surface area contributed by atoms with E-state index in [2.05, 4.69) is 24.2 Å². The maximum Gasteiger partial charge on any atom is 0.0111 e. The van der Waals surface area contributed by atoms with Gasteiger partial charge in [0.25, 0.3) is 0 Å². The zero-order chi connectivity index (χ0) is 9.97. The number of nitrogens with zero attached hydrogens (tertiary/aromatic N) is 1. The highest BCUT2D eigenvalue weighted by atomic mass is 15.2. The van der Waals surface area contributed by atoms with Gasteiger partial charge in [-0.2, -0.15) is 0 Å². The molecule has 2 nitrogen and oxygen atoms in total. The highest BCUT2D eigenvalue weighted by Crippen LogP contribution is 2.32. The smallest absolute Gasteiger partial charge is 0.0111 e. The Morgan fingerprint density at radius 2 is 1.93 bits per heavy atom. The van der Waals surface area contributed by atoms with E-state index in [-0.39, 0.29) is 0 Å². The third-order valence-electron chi connectivity index (χ3n) is 4.22. The van der Waals surface area contributed by atoms with Crippen molar-refractivity contribution in [3.8, 4) is 0 Å². The van der Waals surface area contributed by atoms with E-state index in [1.54, 1.807) is 0 Å². The van der Waals surface area contributed by atoms with Gasteiger partial charge in [0, 0.05) is 12.1 Å². The Morgan fingerprint density at radius 1 is 1.21 bits per heavy atom. The first-order valence-corrected chi connectivity index (χ1v) is 6.23. The van der Waals surface area contributed by atoms with Crippen LogP contribution in [0, 0.1) is 5.92 Å². The van der Waals surface area contributed by atoms with Crippen LogP contribution in [0.15, 0.2) is 0 Å². The normalized spacial score (nSPS) is 35.6. The van der Waals surface area contributed by atoms with Gasteiger partial charge >= 0.3 is 0 Å². The largest absolute Gasteiger partial charge is 0.319 e. The molecule has 0 amide bonds. The third kappa shape index (κ3) is 1.96. The Morgan fingerprint density at radius 3 is 2.57 bits per heavy atom. The van der Waals surface area contributed by atoms with Crippen LogP contribution in [-0.2, 0) is 0 Å². The molecule has 0 aromatic rings. The lowest BCUT2D eigenvalue weighted by molar-refractivity contribution is 0.174. The molecule has 14 heavy (non-hydrogen) atoms. The van der Waals surface area contributed by atoms with Crippen molar-refractivity contribution in [1.82, 2.24) is 10.2 Å². The standard InChI is InChI=1S/C12H24N2/c1-10-11(9-13-2)7-8-14(10)12-5-3-4-6-12/h10-13H,3-9H2,1-2H3. The van der Waals surface area contributed by atoms with Gasteiger partial charge in [-0.25, -0.2) is 0 Å². The van der Waals surface area contributed by atoms with Crippen LogP contribution >= 0.6 is 0 Å². The van der Waals surface area contributed by atoms with Crippen LogP contribution in [0.4, 0.5) is 0 Å². The van der Waals surface area contributed by atoms with Gasteiger partial charge in [0.05, 0.1) is 0 Å². The Bertz CT molecular complexity index is 175. The van der Waals surface area contributed by atoms with Gasteiger partial charge in [0.1, 0.15) is 0 Å². The molecule has 0 bridgehead atoms. The van der Waals surface area contributed by atoms with Gasteiger partial charge in [0.15, 0.2) is 0 Å².